The number of nitrogens with zero attached hydrogens (tertiary/aromatic N) is 2. The third kappa shape index (κ3) is 3.36. The molecule has 1 N–H and O–H groups in total. The summed E-state index contributed by atoms with van der Waals surface area (Å²) < 4.78 is 5.49. The molecule has 0 fully saturated rings. The lowest BCUT2D eigenvalue weighted by Crippen LogP contribution is -1.99. The summed E-state index contributed by atoms with van der Waals surface area (Å²) in [6, 6.07) is 7.74. The Balaban J connectivity index is 2.09. The third-order valence-electron chi connectivity index (χ3n) is 2.60. The highest BCUT2D eigenvalue weighted by atomic mass is 35.5. The second-order valence-electron chi connectivity index (χ2n) is 3.96. The standard InChI is InChI=1S/C13H12ClN3O3/c1-15-13-5-2-9(7-16-13)8-20-12-6-10(17(18)19)3-4-11(12)14/h2-7H,8H2,1H3,(H,15,16). The van der Waals surface area contributed by atoms with E-state index in [9.17, 15) is 10.1 Å². The Morgan fingerprint density at radius 2 is 2.20 bits per heavy atom. The number of nitro groups is 1. The van der Waals surface area contributed by atoms with Gasteiger partial charge in [-0.2, -0.15) is 0 Å². The van der Waals surface area contributed by atoms with Crippen LogP contribution in [0.25, 0.3) is 0 Å². The van der Waals surface area contributed by atoms with Crippen molar-refractivity contribution in [3.05, 3.63) is 57.2 Å². The Hall–Kier alpha value is -2.34. The quantitative estimate of drug-likeness (QED) is 0.676. The molecule has 0 aliphatic carbocycles. The molecule has 2 aromatic rings. The van der Waals surface area contributed by atoms with E-state index in [4.69, 9.17) is 16.3 Å². The molecule has 0 atom stereocenters. The van der Waals surface area contributed by atoms with Gasteiger partial charge in [-0.1, -0.05) is 17.7 Å². The largest absolute Gasteiger partial charge is 0.487 e. The second kappa shape index (κ2) is 6.21. The predicted octanol–water partition coefficient (Wildman–Crippen LogP) is 3.26. The van der Waals surface area contributed by atoms with Gasteiger partial charge in [-0.15, -0.1) is 0 Å². The number of non-ortho nitro benzene ring substituents is 1. The normalized spacial score (nSPS) is 10.1. The Morgan fingerprint density at radius 1 is 1.40 bits per heavy atom. The van der Waals surface area contributed by atoms with Crippen molar-refractivity contribution in [1.29, 1.82) is 0 Å². The van der Waals surface area contributed by atoms with Crippen LogP contribution in [0.4, 0.5) is 11.5 Å². The zero-order chi connectivity index (χ0) is 14.5. The number of anilines is 1. The van der Waals surface area contributed by atoms with Crippen LogP contribution in [0.3, 0.4) is 0 Å². The lowest BCUT2D eigenvalue weighted by atomic mass is 10.3. The fraction of sp³-hybridized carbons (Fsp3) is 0.154. The summed E-state index contributed by atoms with van der Waals surface area (Å²) in [4.78, 5) is 14.4. The number of aromatic nitrogens is 1. The van der Waals surface area contributed by atoms with Crippen molar-refractivity contribution < 1.29 is 9.66 Å². The van der Waals surface area contributed by atoms with Crippen LogP contribution in [0, 0.1) is 10.1 Å². The number of ether oxygens (including phenoxy) is 1. The minimum Gasteiger partial charge on any atom is -0.487 e. The molecule has 1 aromatic carbocycles. The monoisotopic (exact) mass is 293 g/mol. The summed E-state index contributed by atoms with van der Waals surface area (Å²) in [6.45, 7) is 0.234. The fourth-order valence-corrected chi connectivity index (χ4v) is 1.71. The first-order chi connectivity index (χ1) is 9.60. The molecule has 0 amide bonds. The first-order valence-corrected chi connectivity index (χ1v) is 6.17. The maximum Gasteiger partial charge on any atom is 0.273 e. The first kappa shape index (κ1) is 14.1. The molecule has 0 unspecified atom stereocenters. The highest BCUT2D eigenvalue weighted by Crippen LogP contribution is 2.29. The van der Waals surface area contributed by atoms with Gasteiger partial charge in [-0.3, -0.25) is 10.1 Å². The summed E-state index contributed by atoms with van der Waals surface area (Å²) >= 11 is 5.94. The Morgan fingerprint density at radius 3 is 2.80 bits per heavy atom. The average Bonchev–Trinajstić information content (AvgIpc) is 2.46. The Bertz CT molecular complexity index is 617. The van der Waals surface area contributed by atoms with Crippen LogP contribution in [0.2, 0.25) is 5.02 Å². The summed E-state index contributed by atoms with van der Waals surface area (Å²) in [5.41, 5.74) is 0.777. The molecule has 6 nitrogen and oxygen atoms in total. The highest BCUT2D eigenvalue weighted by Gasteiger charge is 2.10. The molecule has 0 aliphatic rings. The van der Waals surface area contributed by atoms with Gasteiger partial charge in [0.25, 0.3) is 5.69 Å². The molecule has 20 heavy (non-hydrogen) atoms. The molecular formula is C13H12ClN3O3. The number of halogens is 1. The molecule has 0 saturated carbocycles. The topological polar surface area (TPSA) is 77.3 Å². The summed E-state index contributed by atoms with van der Waals surface area (Å²) in [7, 11) is 1.78. The van der Waals surface area contributed by atoms with Gasteiger partial charge < -0.3 is 10.1 Å². The predicted molar refractivity (Wildman–Crippen MR) is 76.2 cm³/mol. The summed E-state index contributed by atoms with van der Waals surface area (Å²) in [6.07, 6.45) is 1.66. The van der Waals surface area contributed by atoms with Crippen molar-refractivity contribution in [3.63, 3.8) is 0 Å². The zero-order valence-electron chi connectivity index (χ0n) is 10.7. The summed E-state index contributed by atoms with van der Waals surface area (Å²) in [5, 5.41) is 13.9. The zero-order valence-corrected chi connectivity index (χ0v) is 11.4. The SMILES string of the molecule is CNc1ccc(COc2cc([N+](=O)[O-])ccc2Cl)cn1. The molecular weight excluding hydrogens is 282 g/mol. The van der Waals surface area contributed by atoms with Gasteiger partial charge in [0.15, 0.2) is 0 Å². The first-order valence-electron chi connectivity index (χ1n) is 5.79. The molecule has 0 radical (unpaired) electrons. The smallest absolute Gasteiger partial charge is 0.273 e. The van der Waals surface area contributed by atoms with Gasteiger partial charge in [-0.25, -0.2) is 4.98 Å². The van der Waals surface area contributed by atoms with Crippen LogP contribution in [0.5, 0.6) is 5.75 Å². The molecule has 0 spiro atoms. The molecule has 104 valence electrons. The molecule has 7 heteroatoms. The van der Waals surface area contributed by atoms with Gasteiger partial charge in [0.05, 0.1) is 16.0 Å². The maximum absolute atomic E-state index is 10.7. The minimum atomic E-state index is -0.494. The Kier molecular flexibility index (Phi) is 4.37. The average molecular weight is 294 g/mol. The van der Waals surface area contributed by atoms with Crippen molar-refractivity contribution in [2.75, 3.05) is 12.4 Å². The number of hydrogen-bond acceptors (Lipinski definition) is 5. The van der Waals surface area contributed by atoms with E-state index in [1.807, 2.05) is 12.1 Å². The van der Waals surface area contributed by atoms with Crippen molar-refractivity contribution in [2.45, 2.75) is 6.61 Å². The number of pyridine rings is 1. The molecule has 0 saturated heterocycles. The summed E-state index contributed by atoms with van der Waals surface area (Å²) in [5.74, 6) is 1.03. The van der Waals surface area contributed by atoms with Crippen molar-refractivity contribution in [2.24, 2.45) is 0 Å². The van der Waals surface area contributed by atoms with Gasteiger partial charge in [0.1, 0.15) is 18.2 Å². The Labute approximate surface area is 120 Å². The number of hydrogen-bond donors (Lipinski definition) is 1. The molecule has 0 aliphatic heterocycles. The van der Waals surface area contributed by atoms with Gasteiger partial charge in [0.2, 0.25) is 0 Å². The second-order valence-corrected chi connectivity index (χ2v) is 4.37. The van der Waals surface area contributed by atoms with Crippen LogP contribution in [-0.4, -0.2) is 17.0 Å². The number of benzene rings is 1. The minimum absolute atomic E-state index is 0.0620. The van der Waals surface area contributed by atoms with Gasteiger partial charge in [0, 0.05) is 24.9 Å². The van der Waals surface area contributed by atoms with E-state index in [0.717, 1.165) is 11.4 Å². The van der Waals surface area contributed by atoms with Crippen molar-refractivity contribution >= 4 is 23.1 Å². The molecule has 0 bridgehead atoms. The van der Waals surface area contributed by atoms with Gasteiger partial charge >= 0.3 is 0 Å². The van der Waals surface area contributed by atoms with E-state index >= 15 is 0 Å². The maximum atomic E-state index is 10.7. The van der Waals surface area contributed by atoms with E-state index in [0.29, 0.717) is 5.02 Å². The van der Waals surface area contributed by atoms with Crippen molar-refractivity contribution in [3.8, 4) is 5.75 Å². The fourth-order valence-electron chi connectivity index (χ4n) is 1.54. The van der Waals surface area contributed by atoms with E-state index in [1.54, 1.807) is 13.2 Å². The number of nitro benzene ring substituents is 1. The van der Waals surface area contributed by atoms with E-state index < -0.39 is 4.92 Å². The van der Waals surface area contributed by atoms with Crippen LogP contribution in [-0.2, 0) is 6.61 Å². The van der Waals surface area contributed by atoms with Gasteiger partial charge in [-0.05, 0) is 12.1 Å². The number of rotatable bonds is 5. The molecule has 1 aromatic heterocycles. The van der Waals surface area contributed by atoms with Crippen LogP contribution in [0.15, 0.2) is 36.5 Å². The van der Waals surface area contributed by atoms with Crippen LogP contribution >= 0.6 is 11.6 Å². The van der Waals surface area contributed by atoms with Crippen molar-refractivity contribution in [1.82, 2.24) is 4.98 Å². The van der Waals surface area contributed by atoms with E-state index in [2.05, 4.69) is 10.3 Å². The van der Waals surface area contributed by atoms with E-state index in [1.165, 1.54) is 18.2 Å². The lowest BCUT2D eigenvalue weighted by molar-refractivity contribution is -0.384. The highest BCUT2D eigenvalue weighted by molar-refractivity contribution is 6.32. The van der Waals surface area contributed by atoms with E-state index in [-0.39, 0.29) is 18.0 Å². The molecule has 1 heterocycles. The molecule has 2 rings (SSSR count). The lowest BCUT2D eigenvalue weighted by Gasteiger charge is -2.08. The third-order valence-corrected chi connectivity index (χ3v) is 2.91. The van der Waals surface area contributed by atoms with Crippen LogP contribution < -0.4 is 10.1 Å². The number of nitrogens with one attached hydrogen (secondary N) is 1. The van der Waals surface area contributed by atoms with Crippen LogP contribution in [0.1, 0.15) is 5.56 Å².